The summed E-state index contributed by atoms with van der Waals surface area (Å²) in [6, 6.07) is 3.54. The number of aromatic nitrogens is 1. The van der Waals surface area contributed by atoms with Crippen LogP contribution < -0.4 is 4.72 Å². The molecule has 1 atom stereocenters. The van der Waals surface area contributed by atoms with Gasteiger partial charge in [-0.25, -0.2) is 13.1 Å². The Morgan fingerprint density at radius 1 is 1.41 bits per heavy atom. The van der Waals surface area contributed by atoms with Gasteiger partial charge in [-0.2, -0.15) is 0 Å². The molecule has 1 unspecified atom stereocenters. The zero-order valence-corrected chi connectivity index (χ0v) is 11.6. The largest absolute Gasteiger partial charge is 0.259 e. The van der Waals surface area contributed by atoms with E-state index >= 15 is 0 Å². The van der Waals surface area contributed by atoms with Crippen LogP contribution in [0.5, 0.6) is 0 Å². The van der Waals surface area contributed by atoms with Crippen LogP contribution in [0.2, 0.25) is 0 Å². The lowest BCUT2D eigenvalue weighted by atomic mass is 10.1. The highest BCUT2D eigenvalue weighted by molar-refractivity contribution is 7.90. The molecule has 1 heterocycles. The highest BCUT2D eigenvalue weighted by atomic mass is 32.2. The third kappa shape index (κ3) is 3.51. The van der Waals surface area contributed by atoms with Gasteiger partial charge in [0.2, 0.25) is 10.0 Å². The lowest BCUT2D eigenvalue weighted by Crippen LogP contribution is -2.34. The van der Waals surface area contributed by atoms with Crippen molar-refractivity contribution in [2.45, 2.75) is 45.4 Å². The molecule has 0 fully saturated rings. The summed E-state index contributed by atoms with van der Waals surface area (Å²) in [7, 11) is -3.26. The first-order chi connectivity index (χ1) is 7.88. The monoisotopic (exact) mass is 256 g/mol. The summed E-state index contributed by atoms with van der Waals surface area (Å²) in [4.78, 5) is 4.27. The number of aryl methyl sites for hydroxylation is 1. The number of nitrogens with zero attached hydrogens (tertiary/aromatic N) is 1. The summed E-state index contributed by atoms with van der Waals surface area (Å²) >= 11 is 0. The van der Waals surface area contributed by atoms with Gasteiger partial charge in [-0.15, -0.1) is 0 Å². The van der Waals surface area contributed by atoms with Crippen molar-refractivity contribution >= 4 is 10.0 Å². The van der Waals surface area contributed by atoms with E-state index in [-0.39, 0.29) is 6.04 Å². The first-order valence-electron chi connectivity index (χ1n) is 5.81. The molecule has 0 aliphatic rings. The standard InChI is InChI=1S/C12H20N2O2S/c1-5-11(14-17(15,16)9(2)3)12-10(4)7-6-8-13-12/h6-9,11,14H,5H2,1-4H3. The Balaban J connectivity index is 2.99. The predicted octanol–water partition coefficient (Wildman–Crippen LogP) is 2.17. The highest BCUT2D eigenvalue weighted by Gasteiger charge is 2.22. The Morgan fingerprint density at radius 3 is 2.53 bits per heavy atom. The molecule has 0 aliphatic carbocycles. The van der Waals surface area contributed by atoms with E-state index < -0.39 is 15.3 Å². The first-order valence-corrected chi connectivity index (χ1v) is 7.35. The molecule has 5 heteroatoms. The number of nitrogens with one attached hydrogen (secondary N) is 1. The fourth-order valence-electron chi connectivity index (χ4n) is 1.53. The van der Waals surface area contributed by atoms with E-state index in [1.54, 1.807) is 20.0 Å². The van der Waals surface area contributed by atoms with Crippen molar-refractivity contribution in [3.63, 3.8) is 0 Å². The summed E-state index contributed by atoms with van der Waals surface area (Å²) in [5.41, 5.74) is 1.81. The van der Waals surface area contributed by atoms with E-state index in [0.29, 0.717) is 6.42 Å². The first kappa shape index (κ1) is 14.1. The summed E-state index contributed by atoms with van der Waals surface area (Å²) in [6.45, 7) is 7.22. The molecule has 4 nitrogen and oxygen atoms in total. The summed E-state index contributed by atoms with van der Waals surface area (Å²) in [5.74, 6) is 0. The van der Waals surface area contributed by atoms with E-state index in [9.17, 15) is 8.42 Å². The third-order valence-corrected chi connectivity index (χ3v) is 4.57. The average Bonchev–Trinajstić information content (AvgIpc) is 2.26. The minimum absolute atomic E-state index is 0.247. The van der Waals surface area contributed by atoms with Gasteiger partial charge in [0, 0.05) is 6.20 Å². The van der Waals surface area contributed by atoms with Crippen LogP contribution in [-0.4, -0.2) is 18.7 Å². The van der Waals surface area contributed by atoms with Crippen LogP contribution >= 0.6 is 0 Å². The van der Waals surface area contributed by atoms with Gasteiger partial charge in [-0.1, -0.05) is 13.0 Å². The SMILES string of the molecule is CCC(NS(=O)(=O)C(C)C)c1ncccc1C. The molecule has 0 amide bonds. The molecule has 1 aromatic rings. The van der Waals surface area contributed by atoms with Crippen molar-refractivity contribution in [3.05, 3.63) is 29.6 Å². The number of pyridine rings is 1. The Kier molecular flexibility index (Phi) is 4.65. The van der Waals surface area contributed by atoms with Crippen LogP contribution in [0.1, 0.15) is 44.5 Å². The van der Waals surface area contributed by atoms with Gasteiger partial charge in [-0.3, -0.25) is 4.98 Å². The summed E-state index contributed by atoms with van der Waals surface area (Å²) in [6.07, 6.45) is 2.37. The van der Waals surface area contributed by atoms with Gasteiger partial charge in [-0.05, 0) is 38.8 Å². The second-order valence-corrected chi connectivity index (χ2v) is 6.65. The van der Waals surface area contributed by atoms with Gasteiger partial charge < -0.3 is 0 Å². The Bertz CT molecular complexity index is 469. The molecule has 0 saturated heterocycles. The Labute approximate surface area is 104 Å². The van der Waals surface area contributed by atoms with Crippen LogP contribution in [0, 0.1) is 6.92 Å². The number of sulfonamides is 1. The molecule has 1 N–H and O–H groups in total. The van der Waals surface area contributed by atoms with Gasteiger partial charge in [0.05, 0.1) is 17.0 Å². The van der Waals surface area contributed by atoms with Gasteiger partial charge in [0.15, 0.2) is 0 Å². The Hall–Kier alpha value is -0.940. The number of hydrogen-bond donors (Lipinski definition) is 1. The lowest BCUT2D eigenvalue weighted by Gasteiger charge is -2.19. The summed E-state index contributed by atoms with van der Waals surface area (Å²) < 4.78 is 26.4. The molecular formula is C12H20N2O2S. The van der Waals surface area contributed by atoms with Gasteiger partial charge >= 0.3 is 0 Å². The van der Waals surface area contributed by atoms with Gasteiger partial charge in [0.25, 0.3) is 0 Å². The molecule has 0 spiro atoms. The number of hydrogen-bond acceptors (Lipinski definition) is 3. The fourth-order valence-corrected chi connectivity index (χ4v) is 2.48. The maximum atomic E-state index is 11.8. The molecule has 96 valence electrons. The minimum atomic E-state index is -3.26. The highest BCUT2D eigenvalue weighted by Crippen LogP contribution is 2.19. The fraction of sp³-hybridized carbons (Fsp3) is 0.583. The normalized spacial score (nSPS) is 13.9. The minimum Gasteiger partial charge on any atom is -0.259 e. The second-order valence-electron chi connectivity index (χ2n) is 4.38. The maximum Gasteiger partial charge on any atom is 0.214 e. The van der Waals surface area contributed by atoms with E-state index in [1.807, 2.05) is 26.0 Å². The molecule has 0 bridgehead atoms. The quantitative estimate of drug-likeness (QED) is 0.878. The molecular weight excluding hydrogens is 236 g/mol. The van der Waals surface area contributed by atoms with Crippen molar-refractivity contribution in [1.29, 1.82) is 0 Å². The average molecular weight is 256 g/mol. The van der Waals surface area contributed by atoms with E-state index in [1.165, 1.54) is 0 Å². The lowest BCUT2D eigenvalue weighted by molar-refractivity contribution is 0.536. The van der Waals surface area contributed by atoms with Crippen molar-refractivity contribution in [3.8, 4) is 0 Å². The van der Waals surface area contributed by atoms with E-state index in [4.69, 9.17) is 0 Å². The summed E-state index contributed by atoms with van der Waals surface area (Å²) in [5, 5.41) is -0.430. The van der Waals surface area contributed by atoms with Crippen molar-refractivity contribution in [1.82, 2.24) is 9.71 Å². The van der Waals surface area contributed by atoms with Crippen LogP contribution in [-0.2, 0) is 10.0 Å². The molecule has 0 radical (unpaired) electrons. The second kappa shape index (κ2) is 5.60. The zero-order valence-electron chi connectivity index (χ0n) is 10.8. The van der Waals surface area contributed by atoms with Crippen LogP contribution in [0.25, 0.3) is 0 Å². The maximum absolute atomic E-state index is 11.8. The molecule has 1 aromatic heterocycles. The van der Waals surface area contributed by atoms with Crippen molar-refractivity contribution in [2.24, 2.45) is 0 Å². The smallest absolute Gasteiger partial charge is 0.214 e. The van der Waals surface area contributed by atoms with Crippen LogP contribution in [0.15, 0.2) is 18.3 Å². The van der Waals surface area contributed by atoms with E-state index in [2.05, 4.69) is 9.71 Å². The van der Waals surface area contributed by atoms with E-state index in [0.717, 1.165) is 11.3 Å². The number of rotatable bonds is 5. The Morgan fingerprint density at radius 2 is 2.06 bits per heavy atom. The van der Waals surface area contributed by atoms with Gasteiger partial charge in [0.1, 0.15) is 0 Å². The van der Waals surface area contributed by atoms with Crippen molar-refractivity contribution < 1.29 is 8.42 Å². The third-order valence-electron chi connectivity index (χ3n) is 2.72. The topological polar surface area (TPSA) is 59.1 Å². The molecule has 0 saturated carbocycles. The van der Waals surface area contributed by atoms with Crippen molar-refractivity contribution in [2.75, 3.05) is 0 Å². The predicted molar refractivity (Wildman–Crippen MR) is 69.2 cm³/mol. The molecule has 0 aliphatic heterocycles. The zero-order chi connectivity index (χ0) is 13.1. The molecule has 17 heavy (non-hydrogen) atoms. The van der Waals surface area contributed by atoms with Crippen LogP contribution in [0.4, 0.5) is 0 Å². The molecule has 0 aromatic carbocycles. The van der Waals surface area contributed by atoms with Crippen LogP contribution in [0.3, 0.4) is 0 Å². The molecule has 1 rings (SSSR count).